The fourth-order valence-corrected chi connectivity index (χ4v) is 7.18. The average molecular weight is 584 g/mol. The van der Waals surface area contributed by atoms with Gasteiger partial charge in [0.1, 0.15) is 11.6 Å². The van der Waals surface area contributed by atoms with Gasteiger partial charge in [0.2, 0.25) is 5.95 Å². The maximum atomic E-state index is 5.86. The predicted octanol–water partition coefficient (Wildman–Crippen LogP) is 6.23. The molecule has 2 N–H and O–H groups in total. The fourth-order valence-electron chi connectivity index (χ4n) is 7.01. The number of benzene rings is 2. The second-order valence-electron chi connectivity index (χ2n) is 12.4. The molecule has 2 saturated heterocycles. The molecule has 8 heteroatoms. The minimum Gasteiger partial charge on any atom is -0.368 e. The highest BCUT2D eigenvalue weighted by molar-refractivity contribution is 7.80. The molecule has 0 radical (unpaired) electrons. The summed E-state index contributed by atoms with van der Waals surface area (Å²) in [6.45, 7) is 8.99. The van der Waals surface area contributed by atoms with Crippen LogP contribution in [0.15, 0.2) is 66.7 Å². The Morgan fingerprint density at radius 3 is 2.14 bits per heavy atom. The summed E-state index contributed by atoms with van der Waals surface area (Å²) in [4.78, 5) is 17.3. The monoisotopic (exact) mass is 583 g/mol. The summed E-state index contributed by atoms with van der Waals surface area (Å²) in [5.41, 5.74) is 2.81. The summed E-state index contributed by atoms with van der Waals surface area (Å²) in [7, 11) is 0. The van der Waals surface area contributed by atoms with E-state index in [1.54, 1.807) is 0 Å². The molecule has 7 nitrogen and oxygen atoms in total. The van der Waals surface area contributed by atoms with E-state index in [-0.39, 0.29) is 5.41 Å². The van der Waals surface area contributed by atoms with E-state index in [1.165, 1.54) is 56.2 Å². The number of aromatic nitrogens is 2. The van der Waals surface area contributed by atoms with Gasteiger partial charge in [0.15, 0.2) is 5.11 Å². The number of para-hydroxylation sites is 1. The minimum absolute atomic E-state index is 0.113. The Labute approximate surface area is 256 Å². The molecular formula is C34H45N7S. The number of hydrogen-bond donors (Lipinski definition) is 2. The smallest absolute Gasteiger partial charge is 0.232 e. The molecule has 1 atom stereocenters. The summed E-state index contributed by atoms with van der Waals surface area (Å²) in [5, 5.41) is 7.56. The fraction of sp³-hybridized carbons (Fsp3) is 0.500. The molecule has 2 aromatic carbocycles. The first-order valence-electron chi connectivity index (χ1n) is 15.9. The quantitative estimate of drug-likeness (QED) is 0.318. The largest absolute Gasteiger partial charge is 0.368 e. The van der Waals surface area contributed by atoms with E-state index in [0.29, 0.717) is 17.0 Å². The van der Waals surface area contributed by atoms with Gasteiger partial charge in [-0.05, 0) is 61.5 Å². The van der Waals surface area contributed by atoms with Crippen molar-refractivity contribution in [3.8, 4) is 0 Å². The molecule has 3 aromatic rings. The van der Waals surface area contributed by atoms with Gasteiger partial charge in [0, 0.05) is 63.0 Å². The van der Waals surface area contributed by atoms with Crippen LogP contribution < -0.4 is 25.3 Å². The number of piperidine rings is 1. The molecular weight excluding hydrogens is 538 g/mol. The van der Waals surface area contributed by atoms with Gasteiger partial charge in [-0.2, -0.15) is 9.97 Å². The van der Waals surface area contributed by atoms with E-state index in [0.717, 1.165) is 57.4 Å². The number of anilines is 4. The Bertz CT molecular complexity index is 1300. The van der Waals surface area contributed by atoms with E-state index in [4.69, 9.17) is 22.2 Å². The van der Waals surface area contributed by atoms with Gasteiger partial charge in [0.05, 0.1) is 0 Å². The lowest BCUT2D eigenvalue weighted by atomic mass is 9.69. The van der Waals surface area contributed by atoms with Crippen LogP contribution in [0, 0.1) is 5.92 Å². The van der Waals surface area contributed by atoms with Crippen molar-refractivity contribution < 1.29 is 0 Å². The van der Waals surface area contributed by atoms with E-state index in [1.807, 2.05) is 0 Å². The SMILES string of the molecule is C[C@H]1CCCN(c2cc(N3CCN(c4ccccc4)CC3)nc(NC(=S)NCC3(c4ccccc4)CCCCC3)n2)C1. The maximum Gasteiger partial charge on any atom is 0.232 e. The van der Waals surface area contributed by atoms with Crippen molar-refractivity contribution in [2.75, 3.05) is 65.8 Å². The molecule has 2 aliphatic heterocycles. The third-order valence-electron chi connectivity index (χ3n) is 9.41. The molecule has 3 aliphatic rings. The van der Waals surface area contributed by atoms with Crippen molar-refractivity contribution in [2.24, 2.45) is 5.92 Å². The molecule has 0 unspecified atom stereocenters. The molecule has 3 fully saturated rings. The van der Waals surface area contributed by atoms with Crippen LogP contribution in [-0.2, 0) is 5.41 Å². The molecule has 0 spiro atoms. The second kappa shape index (κ2) is 13.3. The van der Waals surface area contributed by atoms with Gasteiger partial charge in [-0.1, -0.05) is 74.7 Å². The summed E-state index contributed by atoms with van der Waals surface area (Å²) >= 11 is 5.86. The lowest BCUT2D eigenvalue weighted by molar-refractivity contribution is 0.292. The average Bonchev–Trinajstić information content (AvgIpc) is 3.05. The van der Waals surface area contributed by atoms with Crippen molar-refractivity contribution in [3.63, 3.8) is 0 Å². The molecule has 222 valence electrons. The first-order chi connectivity index (χ1) is 20.6. The number of nitrogens with one attached hydrogen (secondary N) is 2. The van der Waals surface area contributed by atoms with Crippen LogP contribution in [-0.4, -0.2) is 60.9 Å². The third kappa shape index (κ3) is 6.80. The minimum atomic E-state index is 0.113. The lowest BCUT2D eigenvalue weighted by Gasteiger charge is -2.38. The molecule has 1 aliphatic carbocycles. The topological polar surface area (TPSA) is 59.6 Å². The van der Waals surface area contributed by atoms with E-state index >= 15 is 0 Å². The van der Waals surface area contributed by atoms with Gasteiger partial charge in [-0.25, -0.2) is 0 Å². The highest BCUT2D eigenvalue weighted by atomic mass is 32.1. The summed E-state index contributed by atoms with van der Waals surface area (Å²) in [6, 6.07) is 23.9. The zero-order valence-corrected chi connectivity index (χ0v) is 25.8. The number of hydrogen-bond acceptors (Lipinski definition) is 6. The standard InChI is InChI=1S/C34H45N7S/c1-27-12-11-19-41(25-27)31-24-30(40-22-20-39(21-23-40)29-15-7-3-8-16-29)36-32(37-31)38-33(42)35-26-34(17-9-4-10-18-34)28-13-5-2-6-14-28/h2-3,5-8,13-16,24,27H,4,9-12,17-23,25-26H2,1H3,(H2,35,36,37,38,42)/t27-/m0/s1. The van der Waals surface area contributed by atoms with Crippen molar-refractivity contribution in [1.82, 2.24) is 15.3 Å². The zero-order valence-electron chi connectivity index (χ0n) is 25.0. The number of rotatable bonds is 7. The lowest BCUT2D eigenvalue weighted by Crippen LogP contribution is -2.47. The molecule has 1 saturated carbocycles. The Kier molecular flexibility index (Phi) is 9.08. The Morgan fingerprint density at radius 1 is 0.810 bits per heavy atom. The van der Waals surface area contributed by atoms with Crippen LogP contribution in [0.5, 0.6) is 0 Å². The van der Waals surface area contributed by atoms with E-state index in [9.17, 15) is 0 Å². The normalized spacial score (nSPS) is 20.7. The third-order valence-corrected chi connectivity index (χ3v) is 9.66. The molecule has 42 heavy (non-hydrogen) atoms. The van der Waals surface area contributed by atoms with Crippen molar-refractivity contribution >= 4 is 40.6 Å². The molecule has 3 heterocycles. The van der Waals surface area contributed by atoms with Crippen LogP contribution in [0.1, 0.15) is 57.4 Å². The van der Waals surface area contributed by atoms with Gasteiger partial charge in [-0.3, -0.25) is 0 Å². The van der Waals surface area contributed by atoms with E-state index in [2.05, 4.69) is 99.0 Å². The molecule has 1 aromatic heterocycles. The zero-order chi connectivity index (χ0) is 28.8. The predicted molar refractivity (Wildman–Crippen MR) is 179 cm³/mol. The first-order valence-corrected chi connectivity index (χ1v) is 16.3. The van der Waals surface area contributed by atoms with E-state index < -0.39 is 0 Å². The Morgan fingerprint density at radius 2 is 1.45 bits per heavy atom. The van der Waals surface area contributed by atoms with Crippen LogP contribution in [0.4, 0.5) is 23.3 Å². The number of nitrogens with zero attached hydrogens (tertiary/aromatic N) is 5. The van der Waals surface area contributed by atoms with Gasteiger partial charge >= 0.3 is 0 Å². The number of piperazine rings is 1. The van der Waals surface area contributed by atoms with Gasteiger partial charge in [-0.15, -0.1) is 0 Å². The van der Waals surface area contributed by atoms with Crippen LogP contribution in [0.2, 0.25) is 0 Å². The van der Waals surface area contributed by atoms with Crippen LogP contribution >= 0.6 is 12.2 Å². The molecule has 0 amide bonds. The summed E-state index contributed by atoms with van der Waals surface area (Å²) in [5.74, 6) is 3.22. The van der Waals surface area contributed by atoms with Gasteiger partial charge in [0.25, 0.3) is 0 Å². The first kappa shape index (κ1) is 28.7. The number of thiocarbonyl (C=S) groups is 1. The summed E-state index contributed by atoms with van der Waals surface area (Å²) in [6.07, 6.45) is 8.68. The van der Waals surface area contributed by atoms with Crippen LogP contribution in [0.3, 0.4) is 0 Å². The maximum absolute atomic E-state index is 5.86. The molecule has 0 bridgehead atoms. The Balaban J connectivity index is 1.17. The highest BCUT2D eigenvalue weighted by Gasteiger charge is 2.34. The van der Waals surface area contributed by atoms with Crippen molar-refractivity contribution in [2.45, 2.75) is 57.3 Å². The van der Waals surface area contributed by atoms with Crippen molar-refractivity contribution in [3.05, 3.63) is 72.3 Å². The Hall–Kier alpha value is -3.39. The second-order valence-corrected chi connectivity index (χ2v) is 12.8. The summed E-state index contributed by atoms with van der Waals surface area (Å²) < 4.78 is 0. The van der Waals surface area contributed by atoms with Gasteiger partial charge < -0.3 is 25.3 Å². The van der Waals surface area contributed by atoms with Crippen molar-refractivity contribution in [1.29, 1.82) is 0 Å². The highest BCUT2D eigenvalue weighted by Crippen LogP contribution is 2.39. The van der Waals surface area contributed by atoms with Crippen LogP contribution in [0.25, 0.3) is 0 Å². The molecule has 6 rings (SSSR count).